The van der Waals surface area contributed by atoms with Crippen LogP contribution in [0.15, 0.2) is 26.0 Å². The van der Waals surface area contributed by atoms with Crippen LogP contribution in [0.3, 0.4) is 0 Å². The summed E-state index contributed by atoms with van der Waals surface area (Å²) in [6, 6.07) is 3.78. The van der Waals surface area contributed by atoms with Crippen molar-refractivity contribution in [2.45, 2.75) is 23.8 Å². The number of halogens is 2. The highest BCUT2D eigenvalue weighted by Crippen LogP contribution is 2.32. The van der Waals surface area contributed by atoms with Crippen LogP contribution in [0, 0.1) is 0 Å². The van der Waals surface area contributed by atoms with E-state index in [2.05, 4.69) is 41.5 Å². The van der Waals surface area contributed by atoms with Crippen LogP contribution in [-0.4, -0.2) is 39.5 Å². The zero-order valence-electron chi connectivity index (χ0n) is 11.1. The average Bonchev–Trinajstić information content (AvgIpc) is 3.09. The summed E-state index contributed by atoms with van der Waals surface area (Å²) in [5, 5.41) is 0. The van der Waals surface area contributed by atoms with Gasteiger partial charge >= 0.3 is 0 Å². The maximum Gasteiger partial charge on any atom is 0.242 e. The molecule has 3 N–H and O–H groups in total. The zero-order chi connectivity index (χ0) is 14.9. The Morgan fingerprint density at radius 2 is 1.90 bits per heavy atom. The molecule has 0 aromatic heterocycles. The highest BCUT2D eigenvalue weighted by Gasteiger charge is 2.26. The summed E-state index contributed by atoms with van der Waals surface area (Å²) in [6.45, 7) is 1.09. The minimum Gasteiger partial charge on any atom is -0.399 e. The van der Waals surface area contributed by atoms with Crippen LogP contribution in [0.1, 0.15) is 12.8 Å². The van der Waals surface area contributed by atoms with E-state index in [0.717, 1.165) is 0 Å². The quantitative estimate of drug-likeness (QED) is 0.683. The van der Waals surface area contributed by atoms with Gasteiger partial charge in [0.05, 0.1) is 0 Å². The maximum atomic E-state index is 12.3. The van der Waals surface area contributed by atoms with Crippen molar-refractivity contribution < 1.29 is 8.42 Å². The fraction of sp³-hybridized carbons (Fsp3) is 0.500. The van der Waals surface area contributed by atoms with E-state index in [4.69, 9.17) is 5.73 Å². The van der Waals surface area contributed by atoms with Gasteiger partial charge in [0.1, 0.15) is 4.90 Å². The van der Waals surface area contributed by atoms with Crippen LogP contribution in [0.4, 0.5) is 5.69 Å². The summed E-state index contributed by atoms with van der Waals surface area (Å²) >= 11 is 6.50. The van der Waals surface area contributed by atoms with E-state index in [-0.39, 0.29) is 4.90 Å². The highest BCUT2D eigenvalue weighted by molar-refractivity contribution is 9.11. The molecule has 0 unspecified atom stereocenters. The van der Waals surface area contributed by atoms with Crippen molar-refractivity contribution in [2.24, 2.45) is 0 Å². The lowest BCUT2D eigenvalue weighted by Crippen LogP contribution is -2.34. The Morgan fingerprint density at radius 3 is 2.40 bits per heavy atom. The summed E-state index contributed by atoms with van der Waals surface area (Å²) in [4.78, 5) is 2.36. The van der Waals surface area contributed by atoms with Gasteiger partial charge in [0, 0.05) is 33.8 Å². The standard InChI is InChI=1S/C12H17Br2N3O2S/c1-17(9-2-3-9)5-4-16-20(18,19)12-10(13)6-8(15)7-11(12)14/h6-7,9,16H,2-5,15H2,1H3. The number of likely N-dealkylation sites (N-methyl/N-ethyl adjacent to an activating group) is 1. The molecule has 0 aliphatic heterocycles. The molecule has 0 heterocycles. The molecule has 1 aromatic rings. The number of hydrogen-bond donors (Lipinski definition) is 2. The van der Waals surface area contributed by atoms with Crippen LogP contribution in [-0.2, 0) is 10.0 Å². The molecule has 0 amide bonds. The summed E-state index contributed by atoms with van der Waals surface area (Å²) in [6.07, 6.45) is 2.41. The Bertz CT molecular complexity index is 580. The molecule has 1 fully saturated rings. The van der Waals surface area contributed by atoms with Gasteiger partial charge in [-0.3, -0.25) is 0 Å². The molecule has 0 radical (unpaired) electrons. The van der Waals surface area contributed by atoms with Crippen molar-refractivity contribution in [3.05, 3.63) is 21.1 Å². The molecule has 5 nitrogen and oxygen atoms in total. The van der Waals surface area contributed by atoms with Gasteiger partial charge in [0.25, 0.3) is 0 Å². The summed E-state index contributed by atoms with van der Waals surface area (Å²) in [5.74, 6) is 0. The highest BCUT2D eigenvalue weighted by atomic mass is 79.9. The van der Waals surface area contributed by atoms with Gasteiger partial charge in [-0.05, 0) is 63.9 Å². The first-order valence-corrected chi connectivity index (χ1v) is 9.32. The van der Waals surface area contributed by atoms with E-state index < -0.39 is 10.0 Å². The molecular weight excluding hydrogens is 410 g/mol. The molecule has 1 saturated carbocycles. The summed E-state index contributed by atoms with van der Waals surface area (Å²) < 4.78 is 28.2. The lowest BCUT2D eigenvalue weighted by molar-refractivity contribution is 0.329. The molecule has 1 aliphatic carbocycles. The first-order chi connectivity index (χ1) is 9.31. The van der Waals surface area contributed by atoms with Crippen molar-refractivity contribution in [2.75, 3.05) is 25.9 Å². The van der Waals surface area contributed by atoms with Crippen molar-refractivity contribution >= 4 is 47.6 Å². The predicted octanol–water partition coefficient (Wildman–Crippen LogP) is 2.17. The monoisotopic (exact) mass is 425 g/mol. The van der Waals surface area contributed by atoms with E-state index in [0.29, 0.717) is 33.8 Å². The lowest BCUT2D eigenvalue weighted by atomic mass is 10.3. The third-order valence-corrected chi connectivity index (χ3v) is 6.55. The third kappa shape index (κ3) is 3.94. The van der Waals surface area contributed by atoms with Gasteiger partial charge in [-0.25, -0.2) is 13.1 Å². The molecule has 0 saturated heterocycles. The van der Waals surface area contributed by atoms with Crippen molar-refractivity contribution in [1.29, 1.82) is 0 Å². The lowest BCUT2D eigenvalue weighted by Gasteiger charge is -2.16. The molecular formula is C12H17Br2N3O2S. The molecule has 8 heteroatoms. The second kappa shape index (κ2) is 6.31. The second-order valence-electron chi connectivity index (χ2n) is 4.92. The summed E-state index contributed by atoms with van der Waals surface area (Å²) in [7, 11) is -1.55. The van der Waals surface area contributed by atoms with Gasteiger partial charge < -0.3 is 10.6 Å². The second-order valence-corrected chi connectivity index (χ2v) is 8.34. The van der Waals surface area contributed by atoms with Crippen LogP contribution in [0.5, 0.6) is 0 Å². The topological polar surface area (TPSA) is 75.4 Å². The van der Waals surface area contributed by atoms with E-state index in [1.165, 1.54) is 12.8 Å². The minimum atomic E-state index is -3.57. The molecule has 20 heavy (non-hydrogen) atoms. The number of rotatable bonds is 6. The number of nitrogens with zero attached hydrogens (tertiary/aromatic N) is 1. The molecule has 1 aromatic carbocycles. The van der Waals surface area contributed by atoms with Crippen molar-refractivity contribution in [3.63, 3.8) is 0 Å². The number of nitrogens with two attached hydrogens (primary N) is 1. The number of benzene rings is 1. The summed E-state index contributed by atoms with van der Waals surface area (Å²) in [5.41, 5.74) is 6.17. The molecule has 0 bridgehead atoms. The normalized spacial score (nSPS) is 15.8. The van der Waals surface area contributed by atoms with Gasteiger partial charge in [0.15, 0.2) is 0 Å². The van der Waals surface area contributed by atoms with Crippen LogP contribution in [0.25, 0.3) is 0 Å². The maximum absolute atomic E-state index is 12.3. The Labute approximate surface area is 136 Å². The molecule has 0 atom stereocenters. The average molecular weight is 427 g/mol. The van der Waals surface area contributed by atoms with Gasteiger partial charge in [0.2, 0.25) is 10.0 Å². The zero-order valence-corrected chi connectivity index (χ0v) is 15.1. The SMILES string of the molecule is CN(CCNS(=O)(=O)c1c(Br)cc(N)cc1Br)C1CC1. The number of anilines is 1. The fourth-order valence-corrected chi connectivity index (χ4v) is 5.60. The van der Waals surface area contributed by atoms with Crippen molar-refractivity contribution in [3.8, 4) is 0 Å². The third-order valence-electron chi connectivity index (χ3n) is 3.22. The van der Waals surface area contributed by atoms with Gasteiger partial charge in [-0.15, -0.1) is 0 Å². The number of nitrogen functional groups attached to an aromatic ring is 1. The fourth-order valence-electron chi connectivity index (χ4n) is 1.96. The van der Waals surface area contributed by atoms with Crippen molar-refractivity contribution in [1.82, 2.24) is 9.62 Å². The molecule has 2 rings (SSSR count). The number of sulfonamides is 1. The van der Waals surface area contributed by atoms with E-state index in [1.807, 2.05) is 7.05 Å². The van der Waals surface area contributed by atoms with Gasteiger partial charge in [-0.1, -0.05) is 0 Å². The Hall–Kier alpha value is -0.150. The van der Waals surface area contributed by atoms with Crippen LogP contribution < -0.4 is 10.5 Å². The Morgan fingerprint density at radius 1 is 1.35 bits per heavy atom. The predicted molar refractivity (Wildman–Crippen MR) is 87.1 cm³/mol. The number of nitrogens with one attached hydrogen (secondary N) is 1. The van der Waals surface area contributed by atoms with Crippen LogP contribution in [0.2, 0.25) is 0 Å². The minimum absolute atomic E-state index is 0.181. The van der Waals surface area contributed by atoms with E-state index >= 15 is 0 Å². The molecule has 112 valence electrons. The van der Waals surface area contributed by atoms with E-state index in [1.54, 1.807) is 12.1 Å². The largest absolute Gasteiger partial charge is 0.399 e. The Kier molecular flexibility index (Phi) is 5.12. The molecule has 1 aliphatic rings. The Balaban J connectivity index is 2.06. The van der Waals surface area contributed by atoms with Gasteiger partial charge in [-0.2, -0.15) is 0 Å². The first-order valence-electron chi connectivity index (χ1n) is 6.25. The first kappa shape index (κ1) is 16.2. The molecule has 0 spiro atoms. The van der Waals surface area contributed by atoms with Crippen LogP contribution >= 0.6 is 31.9 Å². The smallest absolute Gasteiger partial charge is 0.242 e. The van der Waals surface area contributed by atoms with E-state index in [9.17, 15) is 8.42 Å². The number of hydrogen-bond acceptors (Lipinski definition) is 4.